The number of aliphatic hydroxyl groups is 1. The minimum absolute atomic E-state index is 0.130. The van der Waals surface area contributed by atoms with Gasteiger partial charge in [-0.3, -0.25) is 4.79 Å². The number of carboxylic acid groups (broad SMARTS) is 1. The summed E-state index contributed by atoms with van der Waals surface area (Å²) in [7, 11) is 0. The second-order valence-corrected chi connectivity index (χ2v) is 4.62. The van der Waals surface area contributed by atoms with E-state index in [1.807, 2.05) is 12.1 Å². The first kappa shape index (κ1) is 14.7. The molecule has 3 N–H and O–H groups in total. The van der Waals surface area contributed by atoms with Gasteiger partial charge in [0, 0.05) is 12.6 Å². The van der Waals surface area contributed by atoms with Crippen LogP contribution in [-0.4, -0.2) is 22.1 Å². The number of amides is 1. The molecule has 21 heavy (non-hydrogen) atoms. The van der Waals surface area contributed by atoms with Gasteiger partial charge in [-0.1, -0.05) is 36.4 Å². The molecule has 0 spiro atoms. The van der Waals surface area contributed by atoms with Crippen LogP contribution in [0.3, 0.4) is 0 Å². The molecule has 2 aromatic carbocycles. The smallest absolute Gasteiger partial charge is 0.337 e. The van der Waals surface area contributed by atoms with E-state index in [4.69, 9.17) is 5.11 Å². The van der Waals surface area contributed by atoms with Crippen LogP contribution in [0.1, 0.15) is 18.6 Å². The van der Waals surface area contributed by atoms with Gasteiger partial charge in [-0.05, 0) is 28.8 Å². The topological polar surface area (TPSA) is 86.6 Å². The minimum atomic E-state index is -1.51. The first-order valence-electron chi connectivity index (χ1n) is 6.36. The Morgan fingerprint density at radius 2 is 1.43 bits per heavy atom. The highest BCUT2D eigenvalue weighted by Gasteiger charge is 2.15. The molecule has 0 saturated carbocycles. The number of anilines is 1. The Morgan fingerprint density at radius 3 is 1.86 bits per heavy atom. The van der Waals surface area contributed by atoms with Crippen LogP contribution in [0.2, 0.25) is 0 Å². The largest absolute Gasteiger partial charge is 0.479 e. The Kier molecular flexibility index (Phi) is 4.35. The van der Waals surface area contributed by atoms with Crippen LogP contribution in [0.15, 0.2) is 48.5 Å². The third kappa shape index (κ3) is 3.67. The molecule has 2 aromatic rings. The molecule has 5 nitrogen and oxygen atoms in total. The third-order valence-corrected chi connectivity index (χ3v) is 3.00. The molecule has 0 radical (unpaired) electrons. The molecule has 0 bridgehead atoms. The lowest BCUT2D eigenvalue weighted by atomic mass is 10.0. The van der Waals surface area contributed by atoms with E-state index in [0.29, 0.717) is 11.3 Å². The summed E-state index contributed by atoms with van der Waals surface area (Å²) < 4.78 is 0. The van der Waals surface area contributed by atoms with Gasteiger partial charge in [-0.2, -0.15) is 0 Å². The number of hydrogen-bond acceptors (Lipinski definition) is 3. The number of carboxylic acids is 1. The van der Waals surface area contributed by atoms with Crippen LogP contribution in [0, 0.1) is 0 Å². The standard InChI is InChI=1S/C16H15NO4/c1-10(18)17-14-8-6-12(7-9-14)11-2-4-13(5-3-11)15(19)16(20)21/h2-9,15,19H,1H3,(H,17,18)(H,20,21). The Morgan fingerprint density at radius 1 is 0.952 bits per heavy atom. The van der Waals surface area contributed by atoms with Crippen LogP contribution in [0.4, 0.5) is 5.69 Å². The molecule has 1 amide bonds. The fourth-order valence-corrected chi connectivity index (χ4v) is 1.95. The lowest BCUT2D eigenvalue weighted by Crippen LogP contribution is -2.10. The summed E-state index contributed by atoms with van der Waals surface area (Å²) in [6, 6.07) is 13.9. The zero-order valence-electron chi connectivity index (χ0n) is 11.4. The number of carbonyl (C=O) groups excluding carboxylic acids is 1. The van der Waals surface area contributed by atoms with Gasteiger partial charge < -0.3 is 15.5 Å². The lowest BCUT2D eigenvalue weighted by molar-refractivity contribution is -0.146. The summed E-state index contributed by atoms with van der Waals surface area (Å²) in [4.78, 5) is 21.6. The number of rotatable bonds is 4. The molecular formula is C16H15NO4. The van der Waals surface area contributed by atoms with Gasteiger partial charge in [0.2, 0.25) is 5.91 Å². The second-order valence-electron chi connectivity index (χ2n) is 4.62. The van der Waals surface area contributed by atoms with E-state index in [-0.39, 0.29) is 5.91 Å². The van der Waals surface area contributed by atoms with Crippen molar-refractivity contribution in [2.75, 3.05) is 5.32 Å². The zero-order chi connectivity index (χ0) is 15.4. The van der Waals surface area contributed by atoms with Crippen molar-refractivity contribution in [3.05, 3.63) is 54.1 Å². The van der Waals surface area contributed by atoms with Crippen molar-refractivity contribution < 1.29 is 19.8 Å². The van der Waals surface area contributed by atoms with E-state index in [1.54, 1.807) is 36.4 Å². The summed E-state index contributed by atoms with van der Waals surface area (Å²) in [5, 5.41) is 20.9. The Balaban J connectivity index is 2.18. The lowest BCUT2D eigenvalue weighted by Gasteiger charge is -2.08. The third-order valence-electron chi connectivity index (χ3n) is 3.00. The predicted molar refractivity (Wildman–Crippen MR) is 78.8 cm³/mol. The molecule has 1 atom stereocenters. The Hall–Kier alpha value is -2.66. The Bertz CT molecular complexity index is 647. The number of carbonyl (C=O) groups is 2. The summed E-state index contributed by atoms with van der Waals surface area (Å²) in [5.74, 6) is -1.41. The molecule has 0 aliphatic heterocycles. The summed E-state index contributed by atoms with van der Waals surface area (Å²) >= 11 is 0. The number of nitrogens with one attached hydrogen (secondary N) is 1. The average Bonchev–Trinajstić information content (AvgIpc) is 2.47. The quantitative estimate of drug-likeness (QED) is 0.805. The molecular weight excluding hydrogens is 270 g/mol. The minimum Gasteiger partial charge on any atom is -0.479 e. The Labute approximate surface area is 121 Å². The van der Waals surface area contributed by atoms with E-state index in [1.165, 1.54) is 6.92 Å². The van der Waals surface area contributed by atoms with Crippen LogP contribution in [0.25, 0.3) is 11.1 Å². The van der Waals surface area contributed by atoms with Gasteiger partial charge in [-0.15, -0.1) is 0 Å². The van der Waals surface area contributed by atoms with Gasteiger partial charge in [-0.25, -0.2) is 4.79 Å². The predicted octanol–water partition coefficient (Wildman–Crippen LogP) is 2.43. The maximum atomic E-state index is 10.9. The fraction of sp³-hybridized carbons (Fsp3) is 0.125. The second kappa shape index (κ2) is 6.19. The molecule has 0 aliphatic rings. The van der Waals surface area contributed by atoms with Crippen molar-refractivity contribution in [2.24, 2.45) is 0 Å². The zero-order valence-corrected chi connectivity index (χ0v) is 11.4. The van der Waals surface area contributed by atoms with Crippen molar-refractivity contribution in [3.8, 4) is 11.1 Å². The fourth-order valence-electron chi connectivity index (χ4n) is 1.95. The SMILES string of the molecule is CC(=O)Nc1ccc(-c2ccc(C(O)C(=O)O)cc2)cc1. The molecule has 108 valence electrons. The normalized spacial score (nSPS) is 11.7. The van der Waals surface area contributed by atoms with E-state index in [9.17, 15) is 14.7 Å². The molecule has 0 saturated heterocycles. The van der Waals surface area contributed by atoms with Crippen molar-refractivity contribution in [1.82, 2.24) is 0 Å². The number of benzene rings is 2. The average molecular weight is 285 g/mol. The van der Waals surface area contributed by atoms with Crippen LogP contribution in [0.5, 0.6) is 0 Å². The number of hydrogen-bond donors (Lipinski definition) is 3. The summed E-state index contributed by atoms with van der Waals surface area (Å²) in [6.45, 7) is 1.44. The van der Waals surface area contributed by atoms with Gasteiger partial charge >= 0.3 is 5.97 Å². The van der Waals surface area contributed by atoms with Gasteiger partial charge in [0.05, 0.1) is 0 Å². The molecule has 1 unspecified atom stereocenters. The van der Waals surface area contributed by atoms with Crippen molar-refractivity contribution >= 4 is 17.6 Å². The van der Waals surface area contributed by atoms with Gasteiger partial charge in [0.1, 0.15) is 0 Å². The molecule has 0 aromatic heterocycles. The monoisotopic (exact) mass is 285 g/mol. The van der Waals surface area contributed by atoms with E-state index < -0.39 is 12.1 Å². The highest BCUT2D eigenvalue weighted by molar-refractivity contribution is 5.89. The van der Waals surface area contributed by atoms with Crippen molar-refractivity contribution in [3.63, 3.8) is 0 Å². The highest BCUT2D eigenvalue weighted by atomic mass is 16.4. The van der Waals surface area contributed by atoms with Crippen LogP contribution < -0.4 is 5.32 Å². The van der Waals surface area contributed by atoms with Crippen molar-refractivity contribution in [1.29, 1.82) is 0 Å². The van der Waals surface area contributed by atoms with Crippen LogP contribution >= 0.6 is 0 Å². The first-order valence-corrected chi connectivity index (χ1v) is 6.36. The van der Waals surface area contributed by atoms with Crippen LogP contribution in [-0.2, 0) is 9.59 Å². The molecule has 5 heteroatoms. The van der Waals surface area contributed by atoms with Gasteiger partial charge in [0.25, 0.3) is 0 Å². The van der Waals surface area contributed by atoms with E-state index in [0.717, 1.165) is 11.1 Å². The molecule has 2 rings (SSSR count). The molecule has 0 heterocycles. The number of aliphatic hydroxyl groups excluding tert-OH is 1. The van der Waals surface area contributed by atoms with E-state index in [2.05, 4.69) is 5.32 Å². The highest BCUT2D eigenvalue weighted by Crippen LogP contribution is 2.23. The van der Waals surface area contributed by atoms with Gasteiger partial charge in [0.15, 0.2) is 6.10 Å². The summed E-state index contributed by atoms with van der Waals surface area (Å²) in [5.41, 5.74) is 2.87. The molecule has 0 aliphatic carbocycles. The number of aliphatic carboxylic acids is 1. The maximum Gasteiger partial charge on any atom is 0.337 e. The first-order chi connectivity index (χ1) is 9.97. The van der Waals surface area contributed by atoms with E-state index >= 15 is 0 Å². The summed E-state index contributed by atoms with van der Waals surface area (Å²) in [6.07, 6.45) is -1.51. The maximum absolute atomic E-state index is 10.9. The molecule has 0 fully saturated rings. The van der Waals surface area contributed by atoms with Crippen molar-refractivity contribution in [2.45, 2.75) is 13.0 Å².